The van der Waals surface area contributed by atoms with Crippen LogP contribution in [0.3, 0.4) is 0 Å². The maximum absolute atomic E-state index is 13.5. The van der Waals surface area contributed by atoms with Crippen molar-refractivity contribution >= 4 is 28.7 Å². The van der Waals surface area contributed by atoms with Crippen molar-refractivity contribution in [2.24, 2.45) is 0 Å². The monoisotopic (exact) mass is 481 g/mol. The maximum Gasteiger partial charge on any atom is 0.254 e. The summed E-state index contributed by atoms with van der Waals surface area (Å²) in [5, 5.41) is 9.96. The molecule has 0 atom stereocenters. The standard InChI is InChI=1S/C28H27N5OS/c1-17-12-18(2)23(13-22(17)27-31-24-14-26(35-3)30-16-25(24)32-27)28(34)33-10-8-21(9-11-33)20-6-4-19(15-29)5-7-20/h4-7,12-14,16,21H,8-11H2,1-3H3,(H,31,32). The lowest BCUT2D eigenvalue weighted by molar-refractivity contribution is 0.0712. The molecule has 7 heteroatoms. The van der Waals surface area contributed by atoms with E-state index in [1.54, 1.807) is 11.8 Å². The zero-order valence-electron chi connectivity index (χ0n) is 20.1. The number of aromatic amines is 1. The first-order chi connectivity index (χ1) is 17.0. The molecule has 1 saturated heterocycles. The number of carbonyl (C=O) groups is 1. The number of aromatic nitrogens is 3. The molecule has 35 heavy (non-hydrogen) atoms. The molecule has 2 aromatic heterocycles. The van der Waals surface area contributed by atoms with Crippen LogP contribution in [0.5, 0.6) is 0 Å². The molecule has 1 aliphatic rings. The van der Waals surface area contributed by atoms with Gasteiger partial charge in [-0.15, -0.1) is 11.8 Å². The molecule has 6 nitrogen and oxygen atoms in total. The molecule has 0 radical (unpaired) electrons. The number of piperidine rings is 1. The van der Waals surface area contributed by atoms with Crippen molar-refractivity contribution in [1.82, 2.24) is 19.9 Å². The van der Waals surface area contributed by atoms with Gasteiger partial charge in [-0.3, -0.25) is 4.79 Å². The number of rotatable bonds is 4. The van der Waals surface area contributed by atoms with Gasteiger partial charge in [0, 0.05) is 24.2 Å². The predicted octanol–water partition coefficient (Wildman–Crippen LogP) is 5.86. The molecule has 0 spiro atoms. The van der Waals surface area contributed by atoms with E-state index < -0.39 is 0 Å². The Bertz CT molecular complexity index is 1440. The quantitative estimate of drug-likeness (QED) is 0.369. The Labute approximate surface area is 209 Å². The number of imidazole rings is 1. The van der Waals surface area contributed by atoms with Gasteiger partial charge in [0.1, 0.15) is 5.82 Å². The molecule has 0 bridgehead atoms. The van der Waals surface area contributed by atoms with E-state index in [1.807, 2.05) is 60.7 Å². The zero-order chi connectivity index (χ0) is 24.5. The van der Waals surface area contributed by atoms with Gasteiger partial charge in [-0.1, -0.05) is 18.2 Å². The lowest BCUT2D eigenvalue weighted by atomic mass is 9.88. The van der Waals surface area contributed by atoms with Gasteiger partial charge in [0.05, 0.1) is 33.9 Å². The Morgan fingerprint density at radius 2 is 1.86 bits per heavy atom. The van der Waals surface area contributed by atoms with Crippen molar-refractivity contribution in [2.75, 3.05) is 19.3 Å². The van der Waals surface area contributed by atoms with E-state index in [-0.39, 0.29) is 5.91 Å². The molecule has 4 aromatic rings. The van der Waals surface area contributed by atoms with E-state index >= 15 is 0 Å². The normalized spacial score (nSPS) is 14.3. The molecule has 0 aliphatic carbocycles. The predicted molar refractivity (Wildman–Crippen MR) is 140 cm³/mol. The number of hydrogen-bond donors (Lipinski definition) is 1. The fraction of sp³-hybridized carbons (Fsp3) is 0.286. The fourth-order valence-electron chi connectivity index (χ4n) is 4.88. The average Bonchev–Trinajstić information content (AvgIpc) is 3.31. The van der Waals surface area contributed by atoms with Crippen LogP contribution in [0.2, 0.25) is 0 Å². The molecule has 176 valence electrons. The summed E-state index contributed by atoms with van der Waals surface area (Å²) in [7, 11) is 0. The molecule has 1 amide bonds. The number of thioether (sulfide) groups is 1. The first-order valence-electron chi connectivity index (χ1n) is 11.8. The van der Waals surface area contributed by atoms with E-state index in [4.69, 9.17) is 10.2 Å². The van der Waals surface area contributed by atoms with Crippen LogP contribution in [0.25, 0.3) is 22.4 Å². The smallest absolute Gasteiger partial charge is 0.254 e. The number of H-pyrrole nitrogens is 1. The summed E-state index contributed by atoms with van der Waals surface area (Å²) in [6.07, 6.45) is 5.65. The minimum Gasteiger partial charge on any atom is -0.339 e. The van der Waals surface area contributed by atoms with Crippen LogP contribution in [0, 0.1) is 25.2 Å². The number of amides is 1. The highest BCUT2D eigenvalue weighted by Gasteiger charge is 2.26. The third kappa shape index (κ3) is 4.54. The zero-order valence-corrected chi connectivity index (χ0v) is 20.9. The average molecular weight is 482 g/mol. The number of likely N-dealkylation sites (tertiary alicyclic amines) is 1. The number of nitriles is 1. The number of nitrogens with one attached hydrogen (secondary N) is 1. The number of hydrogen-bond acceptors (Lipinski definition) is 5. The Hall–Kier alpha value is -3.63. The first-order valence-corrected chi connectivity index (χ1v) is 13.0. The number of nitrogens with zero attached hydrogens (tertiary/aromatic N) is 4. The molecule has 1 fully saturated rings. The number of benzene rings is 2. The third-order valence-electron chi connectivity index (χ3n) is 6.90. The van der Waals surface area contributed by atoms with E-state index in [1.165, 1.54) is 5.56 Å². The van der Waals surface area contributed by atoms with Gasteiger partial charge in [0.15, 0.2) is 0 Å². The summed E-state index contributed by atoms with van der Waals surface area (Å²) in [6.45, 7) is 5.50. The van der Waals surface area contributed by atoms with Crippen molar-refractivity contribution in [3.8, 4) is 17.5 Å². The number of fused-ring (bicyclic) bond motifs is 1. The minimum atomic E-state index is 0.0736. The van der Waals surface area contributed by atoms with E-state index in [0.717, 1.165) is 70.1 Å². The van der Waals surface area contributed by atoms with Crippen molar-refractivity contribution in [1.29, 1.82) is 5.26 Å². The van der Waals surface area contributed by atoms with Crippen LogP contribution in [0.1, 0.15) is 51.4 Å². The highest BCUT2D eigenvalue weighted by atomic mass is 32.2. The molecule has 1 aliphatic heterocycles. The van der Waals surface area contributed by atoms with Gasteiger partial charge in [0.2, 0.25) is 0 Å². The topological polar surface area (TPSA) is 85.7 Å². The van der Waals surface area contributed by atoms with Crippen molar-refractivity contribution in [3.63, 3.8) is 0 Å². The van der Waals surface area contributed by atoms with Crippen LogP contribution in [0.4, 0.5) is 0 Å². The second-order valence-corrected chi connectivity index (χ2v) is 9.94. The number of carbonyl (C=O) groups excluding carboxylic acids is 1. The second-order valence-electron chi connectivity index (χ2n) is 9.11. The van der Waals surface area contributed by atoms with E-state index in [9.17, 15) is 4.79 Å². The van der Waals surface area contributed by atoms with Crippen LogP contribution in [-0.4, -0.2) is 45.1 Å². The fourth-order valence-corrected chi connectivity index (χ4v) is 5.27. The van der Waals surface area contributed by atoms with Gasteiger partial charge in [-0.05, 0) is 79.8 Å². The van der Waals surface area contributed by atoms with Crippen molar-refractivity contribution < 1.29 is 4.79 Å². The molecular weight excluding hydrogens is 454 g/mol. The Morgan fingerprint density at radius 1 is 1.11 bits per heavy atom. The molecule has 0 unspecified atom stereocenters. The minimum absolute atomic E-state index is 0.0736. The third-order valence-corrected chi connectivity index (χ3v) is 7.54. The highest BCUT2D eigenvalue weighted by Crippen LogP contribution is 2.31. The van der Waals surface area contributed by atoms with Crippen LogP contribution in [0.15, 0.2) is 53.7 Å². The molecule has 1 N–H and O–H groups in total. The van der Waals surface area contributed by atoms with Gasteiger partial charge in [0.25, 0.3) is 5.91 Å². The Kier molecular flexibility index (Phi) is 6.31. The summed E-state index contributed by atoms with van der Waals surface area (Å²) in [4.78, 5) is 28.1. The number of aryl methyl sites for hydroxylation is 2. The number of pyridine rings is 1. The SMILES string of the molecule is CSc1cc2nc(-c3cc(C(=O)N4CCC(c5ccc(C#N)cc5)CC4)c(C)cc3C)[nH]c2cn1. The lowest BCUT2D eigenvalue weighted by Gasteiger charge is -2.32. The van der Waals surface area contributed by atoms with E-state index in [0.29, 0.717) is 11.5 Å². The van der Waals surface area contributed by atoms with Crippen LogP contribution >= 0.6 is 11.8 Å². The van der Waals surface area contributed by atoms with Crippen LogP contribution < -0.4 is 0 Å². The van der Waals surface area contributed by atoms with Crippen molar-refractivity contribution in [2.45, 2.75) is 37.6 Å². The van der Waals surface area contributed by atoms with Gasteiger partial charge >= 0.3 is 0 Å². The summed E-state index contributed by atoms with van der Waals surface area (Å²) in [5.41, 5.74) is 7.40. The molecule has 2 aromatic carbocycles. The lowest BCUT2D eigenvalue weighted by Crippen LogP contribution is -2.38. The molecule has 3 heterocycles. The van der Waals surface area contributed by atoms with Crippen LogP contribution in [-0.2, 0) is 0 Å². The summed E-state index contributed by atoms with van der Waals surface area (Å²) >= 11 is 1.59. The summed E-state index contributed by atoms with van der Waals surface area (Å²) in [5.74, 6) is 1.24. The molecule has 5 rings (SSSR count). The summed E-state index contributed by atoms with van der Waals surface area (Å²) < 4.78 is 0. The Morgan fingerprint density at radius 3 is 2.54 bits per heavy atom. The van der Waals surface area contributed by atoms with Gasteiger partial charge in [-0.25, -0.2) is 9.97 Å². The first kappa shape index (κ1) is 23.1. The van der Waals surface area contributed by atoms with E-state index in [2.05, 4.69) is 29.0 Å². The maximum atomic E-state index is 13.5. The van der Waals surface area contributed by atoms with Gasteiger partial charge in [-0.2, -0.15) is 5.26 Å². The largest absolute Gasteiger partial charge is 0.339 e. The Balaban J connectivity index is 1.37. The van der Waals surface area contributed by atoms with Gasteiger partial charge < -0.3 is 9.88 Å². The summed E-state index contributed by atoms with van der Waals surface area (Å²) in [6, 6.07) is 16.0. The van der Waals surface area contributed by atoms with Crippen molar-refractivity contribution in [3.05, 3.63) is 76.5 Å². The highest BCUT2D eigenvalue weighted by molar-refractivity contribution is 7.98. The molecule has 0 saturated carbocycles. The second kappa shape index (κ2) is 9.55. The molecular formula is C28H27N5OS.